The van der Waals surface area contributed by atoms with Crippen LogP contribution < -0.4 is 10.6 Å². The highest BCUT2D eigenvalue weighted by Crippen LogP contribution is 2.20. The molecular formula is C22H37N3O5. The van der Waals surface area contributed by atoms with Gasteiger partial charge in [0.2, 0.25) is 5.91 Å². The Bertz CT molecular complexity index is 609. The molecule has 0 heterocycles. The molecule has 8 heteroatoms. The third-order valence-corrected chi connectivity index (χ3v) is 5.08. The lowest BCUT2D eigenvalue weighted by atomic mass is 10.0. The molecular weight excluding hydrogens is 386 g/mol. The summed E-state index contributed by atoms with van der Waals surface area (Å²) in [5.41, 5.74) is 0.322. The van der Waals surface area contributed by atoms with E-state index in [1.54, 1.807) is 0 Å². The zero-order valence-electron chi connectivity index (χ0n) is 18.0. The molecule has 0 unspecified atom stereocenters. The van der Waals surface area contributed by atoms with Crippen molar-refractivity contribution in [3.8, 4) is 0 Å². The highest BCUT2D eigenvalue weighted by molar-refractivity contribution is 5.76. The fourth-order valence-electron chi connectivity index (χ4n) is 3.22. The van der Waals surface area contributed by atoms with Crippen LogP contribution in [0.2, 0.25) is 0 Å². The van der Waals surface area contributed by atoms with Gasteiger partial charge in [0.05, 0.1) is 17.6 Å². The van der Waals surface area contributed by atoms with E-state index in [0.29, 0.717) is 12.0 Å². The predicted octanol–water partition coefficient (Wildman–Crippen LogP) is 3.23. The summed E-state index contributed by atoms with van der Waals surface area (Å²) in [6.45, 7) is 3.78. The maximum atomic E-state index is 12.1. The fraction of sp³-hybridized carbons (Fsp3) is 0.682. The van der Waals surface area contributed by atoms with Crippen LogP contribution in [0.1, 0.15) is 76.4 Å². The minimum atomic E-state index is -1.14. The van der Waals surface area contributed by atoms with Crippen LogP contribution >= 0.6 is 0 Å². The van der Waals surface area contributed by atoms with Gasteiger partial charge in [0.15, 0.2) is 0 Å². The van der Waals surface area contributed by atoms with Crippen LogP contribution in [-0.2, 0) is 4.79 Å². The molecule has 0 aliphatic rings. The third-order valence-electron chi connectivity index (χ3n) is 5.08. The van der Waals surface area contributed by atoms with E-state index in [4.69, 9.17) is 0 Å². The van der Waals surface area contributed by atoms with Crippen molar-refractivity contribution in [2.24, 2.45) is 0 Å². The number of nitro benzene ring substituents is 1. The van der Waals surface area contributed by atoms with Crippen LogP contribution in [0.15, 0.2) is 24.3 Å². The number of carbonyl (C=O) groups excluding carboxylic acids is 1. The van der Waals surface area contributed by atoms with Gasteiger partial charge in [-0.3, -0.25) is 14.9 Å². The van der Waals surface area contributed by atoms with E-state index in [-0.39, 0.29) is 11.6 Å². The lowest BCUT2D eigenvalue weighted by Crippen LogP contribution is -2.41. The van der Waals surface area contributed by atoms with Gasteiger partial charge < -0.3 is 20.8 Å². The van der Waals surface area contributed by atoms with Crippen LogP contribution in [0, 0.1) is 10.1 Å². The van der Waals surface area contributed by atoms with Crippen LogP contribution in [0.25, 0.3) is 0 Å². The number of nitrogens with one attached hydrogen (secondary N) is 2. The van der Waals surface area contributed by atoms with Crippen LogP contribution in [0.5, 0.6) is 0 Å². The summed E-state index contributed by atoms with van der Waals surface area (Å²) < 4.78 is 0. The van der Waals surface area contributed by atoms with Crippen molar-refractivity contribution in [2.75, 3.05) is 19.7 Å². The van der Waals surface area contributed by atoms with Crippen LogP contribution in [0.4, 0.5) is 5.69 Å². The highest BCUT2D eigenvalue weighted by Gasteiger charge is 2.22. The van der Waals surface area contributed by atoms with Crippen molar-refractivity contribution in [2.45, 2.75) is 76.9 Å². The van der Waals surface area contributed by atoms with Gasteiger partial charge in [-0.05, 0) is 50.0 Å². The van der Waals surface area contributed by atoms with Crippen molar-refractivity contribution < 1.29 is 19.9 Å². The average molecular weight is 424 g/mol. The summed E-state index contributed by atoms with van der Waals surface area (Å²) in [5.74, 6) is -0.223. The van der Waals surface area contributed by atoms with Crippen LogP contribution in [-0.4, -0.2) is 46.8 Å². The van der Waals surface area contributed by atoms with Gasteiger partial charge in [0.25, 0.3) is 5.69 Å². The number of aliphatic hydroxyl groups is 2. The van der Waals surface area contributed by atoms with E-state index in [0.717, 1.165) is 32.4 Å². The molecule has 0 fully saturated rings. The summed E-state index contributed by atoms with van der Waals surface area (Å²) in [4.78, 5) is 22.3. The van der Waals surface area contributed by atoms with Gasteiger partial charge in [0, 0.05) is 18.6 Å². The topological polar surface area (TPSA) is 125 Å². The first-order valence-corrected chi connectivity index (χ1v) is 11.0. The van der Waals surface area contributed by atoms with Crippen LogP contribution in [0.3, 0.4) is 0 Å². The second-order valence-electron chi connectivity index (χ2n) is 7.62. The number of amides is 1. The number of hydrogen-bond acceptors (Lipinski definition) is 6. The molecule has 1 aromatic carbocycles. The molecule has 0 spiro atoms. The summed E-state index contributed by atoms with van der Waals surface area (Å²) >= 11 is 0. The quantitative estimate of drug-likeness (QED) is 0.173. The minimum Gasteiger partial charge on any atom is -0.394 e. The summed E-state index contributed by atoms with van der Waals surface area (Å²) in [6.07, 6.45) is 8.25. The van der Waals surface area contributed by atoms with Crippen molar-refractivity contribution in [3.63, 3.8) is 0 Å². The van der Waals surface area contributed by atoms with Gasteiger partial charge in [-0.2, -0.15) is 0 Å². The van der Waals surface area contributed by atoms with E-state index in [1.165, 1.54) is 56.4 Å². The van der Waals surface area contributed by atoms with E-state index in [9.17, 15) is 25.1 Å². The molecule has 0 aromatic heterocycles. The fourth-order valence-corrected chi connectivity index (χ4v) is 3.22. The first kappa shape index (κ1) is 26.0. The molecule has 0 bridgehead atoms. The van der Waals surface area contributed by atoms with Crippen molar-refractivity contribution in [3.05, 3.63) is 39.9 Å². The van der Waals surface area contributed by atoms with E-state index >= 15 is 0 Å². The SMILES string of the molecule is CCCCCCCNCCCCCC(=O)N[C@H](CO)[C@H](O)c1ccc([N+](=O)[O-])cc1. The number of nitrogens with zero attached hydrogens (tertiary/aromatic N) is 1. The number of unbranched alkanes of at least 4 members (excludes halogenated alkanes) is 6. The Kier molecular flexibility index (Phi) is 13.7. The standard InChI is InChI=1S/C22H37N3O5/c1-2-3-4-5-8-15-23-16-9-6-7-10-21(27)24-20(17-26)22(28)18-11-13-19(14-12-18)25(29)30/h11-14,20,22-23,26,28H,2-10,15-17H2,1H3,(H,24,27)/t20-,22-/m1/s1. The Balaban J connectivity index is 2.20. The third kappa shape index (κ3) is 10.7. The molecule has 170 valence electrons. The number of nitro groups is 1. The second kappa shape index (κ2) is 15.8. The van der Waals surface area contributed by atoms with Gasteiger partial charge >= 0.3 is 0 Å². The Morgan fingerprint density at radius 1 is 1.03 bits per heavy atom. The van der Waals surface area contributed by atoms with E-state index < -0.39 is 23.7 Å². The van der Waals surface area contributed by atoms with Crippen molar-refractivity contribution >= 4 is 11.6 Å². The normalized spacial score (nSPS) is 13.0. The monoisotopic (exact) mass is 423 g/mol. The molecule has 8 nitrogen and oxygen atoms in total. The van der Waals surface area contributed by atoms with Crippen molar-refractivity contribution in [1.82, 2.24) is 10.6 Å². The number of hydrogen-bond donors (Lipinski definition) is 4. The van der Waals surface area contributed by atoms with Gasteiger partial charge in [0.1, 0.15) is 6.10 Å². The first-order valence-electron chi connectivity index (χ1n) is 11.0. The summed E-state index contributed by atoms with van der Waals surface area (Å²) in [7, 11) is 0. The number of rotatable bonds is 17. The second-order valence-corrected chi connectivity index (χ2v) is 7.62. The number of aliphatic hydroxyl groups excluding tert-OH is 2. The lowest BCUT2D eigenvalue weighted by Gasteiger charge is -2.22. The molecule has 1 rings (SSSR count). The molecule has 0 radical (unpaired) electrons. The van der Waals surface area contributed by atoms with Crippen molar-refractivity contribution in [1.29, 1.82) is 0 Å². The molecule has 1 aromatic rings. The number of non-ortho nitro benzene ring substituents is 1. The minimum absolute atomic E-state index is 0.0819. The van der Waals surface area contributed by atoms with Gasteiger partial charge in [-0.25, -0.2) is 0 Å². The molecule has 0 saturated carbocycles. The number of benzene rings is 1. The Labute approximate surface area is 179 Å². The molecule has 1 amide bonds. The molecule has 0 aliphatic heterocycles. The molecule has 4 N–H and O–H groups in total. The molecule has 0 aliphatic carbocycles. The maximum Gasteiger partial charge on any atom is 0.269 e. The van der Waals surface area contributed by atoms with Gasteiger partial charge in [-0.15, -0.1) is 0 Å². The Hall–Kier alpha value is -2.03. The molecule has 2 atom stereocenters. The Morgan fingerprint density at radius 2 is 1.63 bits per heavy atom. The smallest absolute Gasteiger partial charge is 0.269 e. The zero-order chi connectivity index (χ0) is 22.2. The largest absolute Gasteiger partial charge is 0.394 e. The average Bonchev–Trinajstić information content (AvgIpc) is 2.75. The first-order chi connectivity index (χ1) is 14.5. The Morgan fingerprint density at radius 3 is 2.20 bits per heavy atom. The predicted molar refractivity (Wildman–Crippen MR) is 117 cm³/mol. The van der Waals surface area contributed by atoms with E-state index in [2.05, 4.69) is 17.6 Å². The highest BCUT2D eigenvalue weighted by atomic mass is 16.6. The maximum absolute atomic E-state index is 12.1. The summed E-state index contributed by atoms with van der Waals surface area (Å²) in [6, 6.07) is 4.57. The molecule has 30 heavy (non-hydrogen) atoms. The number of carbonyl (C=O) groups is 1. The lowest BCUT2D eigenvalue weighted by molar-refractivity contribution is -0.384. The molecule has 0 saturated heterocycles. The van der Waals surface area contributed by atoms with E-state index in [1.807, 2.05) is 0 Å². The summed E-state index contributed by atoms with van der Waals surface area (Å²) in [5, 5.41) is 36.7. The zero-order valence-corrected chi connectivity index (χ0v) is 18.0. The van der Waals surface area contributed by atoms with Gasteiger partial charge in [-0.1, -0.05) is 39.0 Å².